The largest absolute Gasteiger partial charge is 0.353 e. The zero-order chi connectivity index (χ0) is 19.1. The smallest absolute Gasteiger partial charge is 0.116 e. The van der Waals surface area contributed by atoms with E-state index in [-0.39, 0.29) is 0 Å². The van der Waals surface area contributed by atoms with Crippen LogP contribution in [-0.2, 0) is 6.54 Å². The Morgan fingerprint density at radius 2 is 1.82 bits per heavy atom. The Morgan fingerprint density at radius 3 is 2.68 bits per heavy atom. The van der Waals surface area contributed by atoms with Crippen LogP contribution in [-0.4, -0.2) is 44.1 Å². The fourth-order valence-corrected chi connectivity index (χ4v) is 3.60. The van der Waals surface area contributed by atoms with Crippen molar-refractivity contribution in [2.75, 3.05) is 14.1 Å². The third-order valence-electron chi connectivity index (χ3n) is 4.87. The molecule has 2 N–H and O–H groups in total. The molecule has 6 nitrogen and oxygen atoms in total. The van der Waals surface area contributed by atoms with E-state index >= 15 is 0 Å². The lowest BCUT2D eigenvalue weighted by Gasteiger charge is -2.10. The lowest BCUT2D eigenvalue weighted by Crippen LogP contribution is -2.10. The van der Waals surface area contributed by atoms with Crippen LogP contribution in [0.5, 0.6) is 0 Å². The van der Waals surface area contributed by atoms with Crippen LogP contribution >= 0.6 is 0 Å². The number of hydrogen-bond acceptors (Lipinski definition) is 4. The van der Waals surface area contributed by atoms with E-state index in [0.717, 1.165) is 50.9 Å². The summed E-state index contributed by atoms with van der Waals surface area (Å²) in [5, 5.41) is 9.85. The van der Waals surface area contributed by atoms with Gasteiger partial charge in [-0.3, -0.25) is 15.1 Å². The van der Waals surface area contributed by atoms with Gasteiger partial charge in [-0.15, -0.1) is 0 Å². The van der Waals surface area contributed by atoms with Crippen LogP contribution in [0.1, 0.15) is 5.56 Å². The number of benzene rings is 1. The summed E-state index contributed by atoms with van der Waals surface area (Å²) in [4.78, 5) is 14.2. The van der Waals surface area contributed by atoms with E-state index < -0.39 is 0 Å². The topological polar surface area (TPSA) is 73.5 Å². The first-order valence-corrected chi connectivity index (χ1v) is 9.17. The highest BCUT2D eigenvalue weighted by atomic mass is 15.1. The highest BCUT2D eigenvalue weighted by Crippen LogP contribution is 2.31. The molecule has 0 unspecified atom stereocenters. The van der Waals surface area contributed by atoms with Gasteiger partial charge in [-0.2, -0.15) is 5.10 Å². The quantitative estimate of drug-likeness (QED) is 0.498. The molecule has 5 rings (SSSR count). The third-order valence-corrected chi connectivity index (χ3v) is 4.87. The molecule has 0 spiro atoms. The number of H-pyrrole nitrogens is 2. The normalized spacial score (nSPS) is 11.7. The minimum absolute atomic E-state index is 0.864. The monoisotopic (exact) mass is 368 g/mol. The first kappa shape index (κ1) is 16.6. The highest BCUT2D eigenvalue weighted by molar-refractivity contribution is 5.97. The van der Waals surface area contributed by atoms with Crippen molar-refractivity contribution in [2.24, 2.45) is 0 Å². The number of aromatic amines is 2. The molecule has 1 aromatic carbocycles. The van der Waals surface area contributed by atoms with Crippen LogP contribution in [0.3, 0.4) is 0 Å². The molecular formula is C22H20N6. The fraction of sp³-hybridized carbons (Fsp3) is 0.136. The molecule has 5 aromatic rings. The summed E-state index contributed by atoms with van der Waals surface area (Å²) in [6.07, 6.45) is 7.48. The van der Waals surface area contributed by atoms with Gasteiger partial charge in [0.25, 0.3) is 0 Å². The maximum Gasteiger partial charge on any atom is 0.116 e. The van der Waals surface area contributed by atoms with E-state index in [1.807, 2.05) is 24.7 Å². The van der Waals surface area contributed by atoms with Crippen molar-refractivity contribution < 1.29 is 0 Å². The van der Waals surface area contributed by atoms with Crippen LogP contribution < -0.4 is 0 Å². The zero-order valence-electron chi connectivity index (χ0n) is 15.8. The van der Waals surface area contributed by atoms with Gasteiger partial charge in [-0.1, -0.05) is 6.07 Å². The van der Waals surface area contributed by atoms with Gasteiger partial charge < -0.3 is 9.88 Å². The molecule has 0 aliphatic heterocycles. The highest BCUT2D eigenvalue weighted by Gasteiger charge is 2.12. The summed E-state index contributed by atoms with van der Waals surface area (Å²) in [6.45, 7) is 0.864. The molecule has 0 radical (unpaired) electrons. The number of hydrogen-bond donors (Lipinski definition) is 2. The molecular weight excluding hydrogens is 348 g/mol. The van der Waals surface area contributed by atoms with Crippen molar-refractivity contribution in [1.29, 1.82) is 0 Å². The number of nitrogens with zero attached hydrogens (tertiary/aromatic N) is 4. The Bertz CT molecular complexity index is 1250. The Balaban J connectivity index is 1.60. The number of fused-ring (bicyclic) bond motifs is 2. The molecule has 0 saturated carbocycles. The van der Waals surface area contributed by atoms with Crippen molar-refractivity contribution in [1.82, 2.24) is 30.0 Å². The number of rotatable bonds is 4. The minimum atomic E-state index is 0.864. The Kier molecular flexibility index (Phi) is 3.91. The number of nitrogens with one attached hydrogen (secondary N) is 2. The molecule has 0 atom stereocenters. The van der Waals surface area contributed by atoms with Crippen molar-refractivity contribution in [3.05, 3.63) is 66.7 Å². The van der Waals surface area contributed by atoms with Gasteiger partial charge in [0.1, 0.15) is 5.69 Å². The Hall–Kier alpha value is -3.51. The van der Waals surface area contributed by atoms with Crippen molar-refractivity contribution in [3.8, 4) is 22.5 Å². The van der Waals surface area contributed by atoms with E-state index in [1.54, 1.807) is 6.20 Å². The molecule has 4 heterocycles. The Labute approximate surface area is 162 Å². The summed E-state index contributed by atoms with van der Waals surface area (Å²) >= 11 is 0. The second-order valence-electron chi connectivity index (χ2n) is 7.30. The van der Waals surface area contributed by atoms with E-state index in [9.17, 15) is 0 Å². The molecule has 0 saturated heterocycles. The van der Waals surface area contributed by atoms with Crippen molar-refractivity contribution in [3.63, 3.8) is 0 Å². The summed E-state index contributed by atoms with van der Waals surface area (Å²) < 4.78 is 0. The second kappa shape index (κ2) is 6.58. The molecule has 0 amide bonds. The average molecular weight is 368 g/mol. The summed E-state index contributed by atoms with van der Waals surface area (Å²) in [6, 6.07) is 12.6. The van der Waals surface area contributed by atoms with Crippen LogP contribution in [0, 0.1) is 0 Å². The summed E-state index contributed by atoms with van der Waals surface area (Å²) in [5.74, 6) is 0. The molecule has 0 aliphatic carbocycles. The average Bonchev–Trinajstić information content (AvgIpc) is 3.30. The number of aromatic nitrogens is 5. The minimum Gasteiger partial charge on any atom is -0.353 e. The lowest BCUT2D eigenvalue weighted by molar-refractivity contribution is 0.402. The zero-order valence-corrected chi connectivity index (χ0v) is 15.8. The maximum atomic E-state index is 4.55. The van der Waals surface area contributed by atoms with Gasteiger partial charge in [0.2, 0.25) is 0 Å². The lowest BCUT2D eigenvalue weighted by atomic mass is 10.0. The van der Waals surface area contributed by atoms with Crippen molar-refractivity contribution in [2.45, 2.75) is 6.54 Å². The van der Waals surface area contributed by atoms with E-state index in [4.69, 9.17) is 0 Å². The van der Waals surface area contributed by atoms with Crippen LogP contribution in [0.15, 0.2) is 61.2 Å². The summed E-state index contributed by atoms with van der Waals surface area (Å²) in [7, 11) is 4.12. The molecule has 138 valence electrons. The molecule has 28 heavy (non-hydrogen) atoms. The van der Waals surface area contributed by atoms with Gasteiger partial charge in [-0.05, 0) is 55.6 Å². The molecule has 0 fully saturated rings. The Morgan fingerprint density at radius 1 is 0.893 bits per heavy atom. The third kappa shape index (κ3) is 2.93. The first-order valence-electron chi connectivity index (χ1n) is 9.17. The fourth-order valence-electron chi connectivity index (χ4n) is 3.60. The molecule has 0 bridgehead atoms. The van der Waals surface area contributed by atoms with Gasteiger partial charge >= 0.3 is 0 Å². The van der Waals surface area contributed by atoms with E-state index in [1.165, 1.54) is 5.56 Å². The van der Waals surface area contributed by atoms with E-state index in [2.05, 4.69) is 74.5 Å². The van der Waals surface area contributed by atoms with Gasteiger partial charge in [0, 0.05) is 53.2 Å². The predicted octanol–water partition coefficient (Wildman–Crippen LogP) is 4.23. The van der Waals surface area contributed by atoms with Gasteiger partial charge in [-0.25, -0.2) is 0 Å². The first-order chi connectivity index (χ1) is 13.7. The molecule has 0 aliphatic rings. The molecule has 4 aromatic heterocycles. The van der Waals surface area contributed by atoms with Crippen LogP contribution in [0.25, 0.3) is 44.3 Å². The predicted molar refractivity (Wildman–Crippen MR) is 112 cm³/mol. The standard InChI is InChI=1S/C22H20N6/c1-28(2)13-14-7-16(11-24-10-14)15-3-4-20-18(8-15)22(27-26-20)21-9-17-12-23-6-5-19(17)25-21/h3-12,25H,13H2,1-2H3,(H,26,27). The second-order valence-corrected chi connectivity index (χ2v) is 7.30. The van der Waals surface area contributed by atoms with Crippen molar-refractivity contribution >= 4 is 21.8 Å². The van der Waals surface area contributed by atoms with Crippen LogP contribution in [0.4, 0.5) is 0 Å². The van der Waals surface area contributed by atoms with Gasteiger partial charge in [0.15, 0.2) is 0 Å². The van der Waals surface area contributed by atoms with Gasteiger partial charge in [0.05, 0.1) is 11.2 Å². The van der Waals surface area contributed by atoms with E-state index in [0.29, 0.717) is 0 Å². The SMILES string of the molecule is CN(C)Cc1cncc(-c2ccc3[nH]nc(-c4cc5cnccc5[nH]4)c3c2)c1. The summed E-state index contributed by atoms with van der Waals surface area (Å²) in [5.41, 5.74) is 7.37. The maximum absolute atomic E-state index is 4.55. The molecule has 6 heteroatoms. The van der Waals surface area contributed by atoms with Crippen LogP contribution in [0.2, 0.25) is 0 Å². The number of pyridine rings is 2.